The van der Waals surface area contributed by atoms with Gasteiger partial charge < -0.3 is 5.32 Å². The van der Waals surface area contributed by atoms with E-state index >= 15 is 0 Å². The summed E-state index contributed by atoms with van der Waals surface area (Å²) in [6.45, 7) is 6.13. The highest BCUT2D eigenvalue weighted by Gasteiger charge is 2.26. The zero-order valence-electron chi connectivity index (χ0n) is 19.6. The highest BCUT2D eigenvalue weighted by molar-refractivity contribution is 6.07. The molecule has 2 saturated carbocycles. The maximum atomic E-state index is 13.4. The van der Waals surface area contributed by atoms with Gasteiger partial charge in [0.25, 0.3) is 5.91 Å². The molecule has 3 aromatic rings. The molecular formula is C27H31N5O. The van der Waals surface area contributed by atoms with Crippen molar-refractivity contribution in [2.75, 3.05) is 0 Å². The summed E-state index contributed by atoms with van der Waals surface area (Å²) in [4.78, 5) is 22.7. The third kappa shape index (κ3) is 4.37. The zero-order chi connectivity index (χ0) is 22.9. The van der Waals surface area contributed by atoms with Gasteiger partial charge in [-0.2, -0.15) is 5.10 Å². The van der Waals surface area contributed by atoms with E-state index in [-0.39, 0.29) is 18.0 Å². The predicted octanol–water partition coefficient (Wildman–Crippen LogP) is 4.99. The van der Waals surface area contributed by atoms with E-state index in [2.05, 4.69) is 39.1 Å². The molecule has 1 atom stereocenters. The van der Waals surface area contributed by atoms with Gasteiger partial charge in [-0.3, -0.25) is 9.48 Å². The minimum atomic E-state index is -0.206. The molecular weight excluding hydrogens is 410 g/mol. The van der Waals surface area contributed by atoms with Crippen LogP contribution in [-0.4, -0.2) is 31.7 Å². The van der Waals surface area contributed by atoms with Crippen molar-refractivity contribution in [2.45, 2.75) is 77.3 Å². The van der Waals surface area contributed by atoms with Crippen molar-refractivity contribution in [3.63, 3.8) is 0 Å². The molecule has 33 heavy (non-hydrogen) atoms. The Kier molecular flexibility index (Phi) is 5.88. The van der Waals surface area contributed by atoms with Crippen LogP contribution < -0.4 is 5.32 Å². The van der Waals surface area contributed by atoms with Crippen molar-refractivity contribution in [1.29, 1.82) is 0 Å². The molecule has 6 nitrogen and oxygen atoms in total. The van der Waals surface area contributed by atoms with E-state index < -0.39 is 0 Å². The molecule has 2 heterocycles. The molecule has 170 valence electrons. The highest BCUT2D eigenvalue weighted by Crippen LogP contribution is 2.39. The Hall–Kier alpha value is -3.20. The summed E-state index contributed by atoms with van der Waals surface area (Å²) in [6, 6.07) is 3.83. The van der Waals surface area contributed by atoms with Crippen molar-refractivity contribution < 1.29 is 4.79 Å². The molecule has 2 aliphatic carbocycles. The van der Waals surface area contributed by atoms with E-state index in [0.717, 1.165) is 48.1 Å². The van der Waals surface area contributed by atoms with E-state index in [1.165, 1.54) is 18.4 Å². The minimum absolute atomic E-state index is 0.0467. The van der Waals surface area contributed by atoms with Crippen molar-refractivity contribution in [2.24, 2.45) is 5.92 Å². The second-order valence-electron chi connectivity index (χ2n) is 9.64. The molecule has 1 aromatic carbocycles. The normalized spacial score (nSPS) is 21.3. The number of carbonyl (C=O) groups is 1. The first kappa shape index (κ1) is 21.6. The minimum Gasteiger partial charge on any atom is -0.349 e. The molecule has 2 aliphatic rings. The van der Waals surface area contributed by atoms with Gasteiger partial charge in [-0.25, -0.2) is 9.97 Å². The Morgan fingerprint density at radius 1 is 1.09 bits per heavy atom. The van der Waals surface area contributed by atoms with Crippen LogP contribution >= 0.6 is 0 Å². The summed E-state index contributed by atoms with van der Waals surface area (Å²) >= 11 is 0. The van der Waals surface area contributed by atoms with Crippen LogP contribution in [0.3, 0.4) is 0 Å². The fourth-order valence-electron chi connectivity index (χ4n) is 4.85. The Bertz CT molecular complexity index is 1220. The number of nitrogens with one attached hydrogen (secondary N) is 1. The monoisotopic (exact) mass is 441 g/mol. The quantitative estimate of drug-likeness (QED) is 0.566. The Labute approximate surface area is 195 Å². The number of nitrogens with zero attached hydrogens (tertiary/aromatic N) is 4. The molecule has 0 bridgehead atoms. The van der Waals surface area contributed by atoms with Gasteiger partial charge in [-0.05, 0) is 81.9 Å². The second-order valence-corrected chi connectivity index (χ2v) is 9.64. The molecule has 2 aromatic heterocycles. The molecule has 0 saturated heterocycles. The summed E-state index contributed by atoms with van der Waals surface area (Å²) in [6.07, 6.45) is 12.5. The molecule has 0 radical (unpaired) electrons. The van der Waals surface area contributed by atoms with Gasteiger partial charge >= 0.3 is 0 Å². The SMILES string of the molecule is CC#Cc1ccc(C(=O)NC2CCC(C)CC2)c2c1cnn2[C@@H](C)c1ncc(C2CC2)cn1. The molecule has 6 heteroatoms. The fraction of sp³-hybridized carbons (Fsp3) is 0.481. The van der Waals surface area contributed by atoms with Crippen LogP contribution in [0.1, 0.15) is 98.6 Å². The molecule has 1 amide bonds. The number of hydrogen-bond donors (Lipinski definition) is 1. The molecule has 2 fully saturated rings. The van der Waals surface area contributed by atoms with E-state index in [0.29, 0.717) is 17.3 Å². The Morgan fingerprint density at radius 3 is 2.48 bits per heavy atom. The topological polar surface area (TPSA) is 72.7 Å². The number of benzene rings is 1. The molecule has 0 spiro atoms. The predicted molar refractivity (Wildman–Crippen MR) is 129 cm³/mol. The number of aromatic nitrogens is 4. The number of rotatable bonds is 5. The number of hydrogen-bond acceptors (Lipinski definition) is 4. The third-order valence-electron chi connectivity index (χ3n) is 7.09. The van der Waals surface area contributed by atoms with Crippen molar-refractivity contribution in [3.8, 4) is 11.8 Å². The maximum absolute atomic E-state index is 13.4. The smallest absolute Gasteiger partial charge is 0.253 e. The summed E-state index contributed by atoms with van der Waals surface area (Å²) in [5.41, 5.74) is 3.50. The van der Waals surface area contributed by atoms with Gasteiger partial charge in [0.2, 0.25) is 0 Å². The highest BCUT2D eigenvalue weighted by atomic mass is 16.1. The van der Waals surface area contributed by atoms with Crippen molar-refractivity contribution >= 4 is 16.8 Å². The summed E-state index contributed by atoms with van der Waals surface area (Å²) in [5, 5.41) is 8.83. The standard InChI is InChI=1S/C27H31N5O/c1-4-5-20-10-13-23(27(33)31-22-11-6-17(2)7-12-22)25-24(20)16-30-32(25)18(3)26-28-14-21(15-29-26)19-8-9-19/h10,13-19,22H,6-9,11-12H2,1-3H3,(H,31,33)/t17?,18-,22?/m0/s1. The van der Waals surface area contributed by atoms with Gasteiger partial charge in [0.15, 0.2) is 5.82 Å². The molecule has 0 aliphatic heterocycles. The van der Waals surface area contributed by atoms with Gasteiger partial charge in [-0.15, -0.1) is 5.92 Å². The third-order valence-corrected chi connectivity index (χ3v) is 7.09. The Balaban J connectivity index is 1.50. The largest absolute Gasteiger partial charge is 0.349 e. The number of fused-ring (bicyclic) bond motifs is 1. The maximum Gasteiger partial charge on any atom is 0.253 e. The van der Waals surface area contributed by atoms with Gasteiger partial charge in [0.1, 0.15) is 6.04 Å². The first-order valence-electron chi connectivity index (χ1n) is 12.1. The lowest BCUT2D eigenvalue weighted by Gasteiger charge is -2.27. The lowest BCUT2D eigenvalue weighted by Crippen LogP contribution is -2.37. The summed E-state index contributed by atoms with van der Waals surface area (Å²) in [5.74, 6) is 8.14. The van der Waals surface area contributed by atoms with Crippen LogP contribution in [0.25, 0.3) is 10.9 Å². The fourth-order valence-corrected chi connectivity index (χ4v) is 4.85. The lowest BCUT2D eigenvalue weighted by atomic mass is 9.87. The zero-order valence-corrected chi connectivity index (χ0v) is 19.6. The number of carbonyl (C=O) groups excluding carboxylic acids is 1. The number of amides is 1. The first-order chi connectivity index (χ1) is 16.0. The average Bonchev–Trinajstić information content (AvgIpc) is 3.59. The van der Waals surface area contributed by atoms with Crippen LogP contribution in [0, 0.1) is 17.8 Å². The van der Waals surface area contributed by atoms with E-state index in [1.54, 1.807) is 0 Å². The molecule has 0 unspecified atom stereocenters. The lowest BCUT2D eigenvalue weighted by molar-refractivity contribution is 0.0924. The summed E-state index contributed by atoms with van der Waals surface area (Å²) < 4.78 is 1.88. The second kappa shape index (κ2) is 8.97. The first-order valence-corrected chi connectivity index (χ1v) is 12.1. The molecule has 5 rings (SSSR count). The van der Waals surface area contributed by atoms with Gasteiger partial charge in [0.05, 0.1) is 17.3 Å². The van der Waals surface area contributed by atoms with Gasteiger partial charge in [0, 0.05) is 29.4 Å². The van der Waals surface area contributed by atoms with Crippen molar-refractivity contribution in [1.82, 2.24) is 25.1 Å². The van der Waals surface area contributed by atoms with Crippen molar-refractivity contribution in [3.05, 3.63) is 53.2 Å². The van der Waals surface area contributed by atoms with Crippen LogP contribution in [0.15, 0.2) is 30.7 Å². The summed E-state index contributed by atoms with van der Waals surface area (Å²) in [7, 11) is 0. The average molecular weight is 442 g/mol. The van der Waals surface area contributed by atoms with Crippen LogP contribution in [0.4, 0.5) is 0 Å². The van der Waals surface area contributed by atoms with Crippen LogP contribution in [0.2, 0.25) is 0 Å². The molecule has 1 N–H and O–H groups in total. The van der Waals surface area contributed by atoms with Gasteiger partial charge in [-0.1, -0.05) is 12.8 Å². The van der Waals surface area contributed by atoms with E-state index in [1.807, 2.05) is 49.3 Å². The van der Waals surface area contributed by atoms with Crippen LogP contribution in [-0.2, 0) is 0 Å². The van der Waals surface area contributed by atoms with Crippen LogP contribution in [0.5, 0.6) is 0 Å². The van der Waals surface area contributed by atoms with E-state index in [9.17, 15) is 4.79 Å². The Morgan fingerprint density at radius 2 is 1.82 bits per heavy atom. The van der Waals surface area contributed by atoms with E-state index in [4.69, 9.17) is 0 Å².